The lowest BCUT2D eigenvalue weighted by molar-refractivity contribution is 0.0527. The van der Waals surface area contributed by atoms with Crippen molar-refractivity contribution in [3.63, 3.8) is 0 Å². The van der Waals surface area contributed by atoms with Crippen molar-refractivity contribution in [3.8, 4) is 17.2 Å². The number of hydrogen-bond donors (Lipinski definition) is 3. The summed E-state index contributed by atoms with van der Waals surface area (Å²) in [5, 5.41) is 9.12. The standard InChI is InChI=1S/C20H32N4O5.HI/c1-5-21-18(22-9-6-10-24-19(25)29-20(2,3)4)23-11-12-26-15-7-8-16-17(13-15)28-14-27-16;/h7-8,13H,5-6,9-12,14H2,1-4H3,(H,24,25)(H2,21,22,23);1H. The van der Waals surface area contributed by atoms with E-state index in [4.69, 9.17) is 18.9 Å². The number of nitrogens with one attached hydrogen (secondary N) is 3. The van der Waals surface area contributed by atoms with Crippen LogP contribution in [0.25, 0.3) is 0 Å². The van der Waals surface area contributed by atoms with Gasteiger partial charge in [-0.25, -0.2) is 4.79 Å². The Morgan fingerprint density at radius 3 is 2.63 bits per heavy atom. The smallest absolute Gasteiger partial charge is 0.407 e. The Hall–Kier alpha value is -2.11. The van der Waals surface area contributed by atoms with E-state index >= 15 is 0 Å². The van der Waals surface area contributed by atoms with Gasteiger partial charge in [-0.15, -0.1) is 24.0 Å². The van der Waals surface area contributed by atoms with Crippen LogP contribution in [0.2, 0.25) is 0 Å². The summed E-state index contributed by atoms with van der Waals surface area (Å²) in [6, 6.07) is 5.51. The minimum atomic E-state index is -0.493. The second-order valence-corrected chi connectivity index (χ2v) is 7.33. The van der Waals surface area contributed by atoms with Crippen LogP contribution in [0.15, 0.2) is 23.2 Å². The number of amides is 1. The third kappa shape index (κ3) is 10.1. The number of alkyl carbamates (subject to hydrolysis) is 1. The van der Waals surface area contributed by atoms with Gasteiger partial charge in [0, 0.05) is 25.7 Å². The molecule has 0 radical (unpaired) electrons. The number of aliphatic imine (C=N–C) groups is 1. The topological polar surface area (TPSA) is 102 Å². The first-order chi connectivity index (χ1) is 13.9. The minimum absolute atomic E-state index is 0. The van der Waals surface area contributed by atoms with Crippen LogP contribution >= 0.6 is 24.0 Å². The van der Waals surface area contributed by atoms with E-state index in [1.807, 2.05) is 45.9 Å². The number of carbonyl (C=O) groups excluding carboxylic acids is 1. The molecule has 1 aromatic carbocycles. The van der Waals surface area contributed by atoms with Crippen molar-refractivity contribution in [1.82, 2.24) is 16.0 Å². The zero-order valence-corrected chi connectivity index (χ0v) is 20.4. The molecular weight excluding hydrogens is 503 g/mol. The van der Waals surface area contributed by atoms with E-state index in [1.165, 1.54) is 0 Å². The molecule has 0 spiro atoms. The minimum Gasteiger partial charge on any atom is -0.492 e. The van der Waals surface area contributed by atoms with Gasteiger partial charge in [0.05, 0.1) is 6.54 Å². The Balaban J connectivity index is 0.00000450. The highest BCUT2D eigenvalue weighted by molar-refractivity contribution is 14.0. The molecule has 2 rings (SSSR count). The predicted octanol–water partition coefficient (Wildman–Crippen LogP) is 2.88. The normalized spacial score (nSPS) is 12.6. The molecule has 0 fully saturated rings. The summed E-state index contributed by atoms with van der Waals surface area (Å²) in [6.45, 7) is 10.7. The number of nitrogens with zero attached hydrogens (tertiary/aromatic N) is 1. The SMILES string of the molecule is CCNC(=NCCCNC(=O)OC(C)(C)C)NCCOc1ccc2c(c1)OCO2.I. The largest absolute Gasteiger partial charge is 0.492 e. The average molecular weight is 536 g/mol. The highest BCUT2D eigenvalue weighted by Gasteiger charge is 2.15. The molecule has 3 N–H and O–H groups in total. The van der Waals surface area contributed by atoms with Crippen LogP contribution in [0.3, 0.4) is 0 Å². The van der Waals surface area contributed by atoms with E-state index < -0.39 is 11.7 Å². The van der Waals surface area contributed by atoms with Crippen molar-refractivity contribution in [2.45, 2.75) is 39.7 Å². The molecule has 0 saturated heterocycles. The molecule has 1 aliphatic heterocycles. The molecule has 1 heterocycles. The molecule has 30 heavy (non-hydrogen) atoms. The van der Waals surface area contributed by atoms with Gasteiger partial charge in [-0.3, -0.25) is 4.99 Å². The van der Waals surface area contributed by atoms with E-state index in [-0.39, 0.29) is 30.8 Å². The number of hydrogen-bond acceptors (Lipinski definition) is 6. The van der Waals surface area contributed by atoms with Gasteiger partial charge in [0.2, 0.25) is 6.79 Å². The molecule has 0 aliphatic carbocycles. The Kier molecular flexibility index (Phi) is 11.4. The van der Waals surface area contributed by atoms with E-state index in [2.05, 4.69) is 20.9 Å². The van der Waals surface area contributed by atoms with Gasteiger partial charge in [-0.2, -0.15) is 0 Å². The molecule has 0 unspecified atom stereocenters. The Labute approximate surface area is 195 Å². The molecular formula is C20H33IN4O5. The lowest BCUT2D eigenvalue weighted by Crippen LogP contribution is -2.39. The second kappa shape index (κ2) is 13.2. The van der Waals surface area contributed by atoms with Crippen molar-refractivity contribution in [3.05, 3.63) is 18.2 Å². The summed E-state index contributed by atoms with van der Waals surface area (Å²) < 4.78 is 21.5. The van der Waals surface area contributed by atoms with Crippen LogP contribution in [0.1, 0.15) is 34.1 Å². The molecule has 0 aromatic heterocycles. The van der Waals surface area contributed by atoms with Crippen molar-refractivity contribution >= 4 is 36.0 Å². The number of benzene rings is 1. The van der Waals surface area contributed by atoms with E-state index in [0.29, 0.717) is 44.4 Å². The fourth-order valence-electron chi connectivity index (χ4n) is 2.42. The Morgan fingerprint density at radius 2 is 1.90 bits per heavy atom. The summed E-state index contributed by atoms with van der Waals surface area (Å²) in [7, 11) is 0. The zero-order chi connectivity index (χ0) is 21.1. The number of fused-ring (bicyclic) bond motifs is 1. The molecule has 0 atom stereocenters. The predicted molar refractivity (Wildman–Crippen MR) is 126 cm³/mol. The molecule has 1 aromatic rings. The first kappa shape index (κ1) is 25.9. The van der Waals surface area contributed by atoms with Crippen LogP contribution in [0.5, 0.6) is 17.2 Å². The van der Waals surface area contributed by atoms with Crippen LogP contribution in [0.4, 0.5) is 4.79 Å². The molecule has 0 saturated carbocycles. The maximum absolute atomic E-state index is 11.6. The first-order valence-corrected chi connectivity index (χ1v) is 9.89. The van der Waals surface area contributed by atoms with Gasteiger partial charge in [0.15, 0.2) is 17.5 Å². The molecule has 1 amide bonds. The van der Waals surface area contributed by atoms with Gasteiger partial charge in [0.25, 0.3) is 0 Å². The maximum Gasteiger partial charge on any atom is 0.407 e. The number of guanidine groups is 1. The van der Waals surface area contributed by atoms with Crippen molar-refractivity contribution in [2.75, 3.05) is 39.6 Å². The maximum atomic E-state index is 11.6. The van der Waals surface area contributed by atoms with Gasteiger partial charge in [-0.1, -0.05) is 0 Å². The molecule has 1 aliphatic rings. The highest BCUT2D eigenvalue weighted by atomic mass is 127. The number of rotatable bonds is 9. The molecule has 9 nitrogen and oxygen atoms in total. The fraction of sp³-hybridized carbons (Fsp3) is 0.600. The van der Waals surface area contributed by atoms with Crippen LogP contribution in [-0.4, -0.2) is 57.2 Å². The van der Waals surface area contributed by atoms with Crippen LogP contribution in [-0.2, 0) is 4.74 Å². The summed E-state index contributed by atoms with van der Waals surface area (Å²) in [6.07, 6.45) is 0.302. The molecule has 10 heteroatoms. The first-order valence-electron chi connectivity index (χ1n) is 9.89. The fourth-order valence-corrected chi connectivity index (χ4v) is 2.42. The summed E-state index contributed by atoms with van der Waals surface area (Å²) in [4.78, 5) is 16.1. The highest BCUT2D eigenvalue weighted by Crippen LogP contribution is 2.34. The van der Waals surface area contributed by atoms with E-state index in [9.17, 15) is 4.79 Å². The van der Waals surface area contributed by atoms with E-state index in [1.54, 1.807) is 0 Å². The second-order valence-electron chi connectivity index (χ2n) is 7.33. The zero-order valence-electron chi connectivity index (χ0n) is 18.1. The third-order valence-corrected chi connectivity index (χ3v) is 3.62. The van der Waals surface area contributed by atoms with Gasteiger partial charge in [-0.05, 0) is 46.2 Å². The summed E-state index contributed by atoms with van der Waals surface area (Å²) in [5.41, 5.74) is -0.493. The van der Waals surface area contributed by atoms with E-state index in [0.717, 1.165) is 18.0 Å². The van der Waals surface area contributed by atoms with Crippen molar-refractivity contribution < 1.29 is 23.7 Å². The van der Waals surface area contributed by atoms with Crippen LogP contribution < -0.4 is 30.2 Å². The van der Waals surface area contributed by atoms with Gasteiger partial charge >= 0.3 is 6.09 Å². The van der Waals surface area contributed by atoms with Gasteiger partial charge in [0.1, 0.15) is 18.0 Å². The van der Waals surface area contributed by atoms with Crippen molar-refractivity contribution in [2.24, 2.45) is 4.99 Å². The lowest BCUT2D eigenvalue weighted by atomic mass is 10.2. The Bertz CT molecular complexity index is 694. The van der Waals surface area contributed by atoms with Crippen LogP contribution in [0, 0.1) is 0 Å². The summed E-state index contributed by atoms with van der Waals surface area (Å²) >= 11 is 0. The molecule has 170 valence electrons. The van der Waals surface area contributed by atoms with Crippen molar-refractivity contribution in [1.29, 1.82) is 0 Å². The number of carbonyl (C=O) groups is 1. The number of halogens is 1. The average Bonchev–Trinajstić information content (AvgIpc) is 3.11. The molecule has 0 bridgehead atoms. The van der Waals surface area contributed by atoms with Gasteiger partial charge < -0.3 is 34.9 Å². The monoisotopic (exact) mass is 536 g/mol. The summed E-state index contributed by atoms with van der Waals surface area (Å²) in [5.74, 6) is 2.87. The number of ether oxygens (including phenoxy) is 4. The lowest BCUT2D eigenvalue weighted by Gasteiger charge is -2.19. The Morgan fingerprint density at radius 1 is 1.13 bits per heavy atom. The third-order valence-electron chi connectivity index (χ3n) is 3.62. The quantitative estimate of drug-likeness (QED) is 0.193.